The predicted molar refractivity (Wildman–Crippen MR) is 112 cm³/mol. The Kier molecular flexibility index (Phi) is 8.16. The first-order valence-electron chi connectivity index (χ1n) is 11.3. The van der Waals surface area contributed by atoms with Crippen LogP contribution in [0.15, 0.2) is 36.4 Å². The minimum absolute atomic E-state index is 0.116. The molecule has 34 heavy (non-hydrogen) atoms. The van der Waals surface area contributed by atoms with Gasteiger partial charge in [-0.3, -0.25) is 0 Å². The molecule has 1 aliphatic rings. The van der Waals surface area contributed by atoms with Gasteiger partial charge in [-0.25, -0.2) is 8.78 Å². The average Bonchev–Trinajstić information content (AvgIpc) is 2.74. The van der Waals surface area contributed by atoms with Crippen molar-refractivity contribution >= 4 is 0 Å². The minimum Gasteiger partial charge on any atom is -0.403 e. The maximum atomic E-state index is 14.7. The highest BCUT2D eigenvalue weighted by molar-refractivity contribution is 5.32. The molecule has 0 aromatic heterocycles. The predicted octanol–water partition coefficient (Wildman–Crippen LogP) is 8.76. The van der Waals surface area contributed by atoms with E-state index in [9.17, 15) is 30.7 Å². The number of hydrogen-bond donors (Lipinski definition) is 0. The van der Waals surface area contributed by atoms with Crippen molar-refractivity contribution in [3.63, 3.8) is 0 Å². The maximum Gasteiger partial charge on any atom is 0.573 e. The van der Waals surface area contributed by atoms with Crippen LogP contribution in [0.25, 0.3) is 0 Å². The van der Waals surface area contributed by atoms with E-state index in [1.807, 2.05) is 0 Å². The SMILES string of the molecule is CCCC1CCC(c2ccc(C(F)(F)OC(C)c3ccc(OC(F)(F)F)c(F)c3)c(F)c2)CC1. The van der Waals surface area contributed by atoms with Crippen LogP contribution in [0.2, 0.25) is 0 Å². The second-order valence-electron chi connectivity index (χ2n) is 8.76. The average molecular weight is 492 g/mol. The van der Waals surface area contributed by atoms with Gasteiger partial charge in [0.25, 0.3) is 0 Å². The fourth-order valence-corrected chi connectivity index (χ4v) is 4.54. The second kappa shape index (κ2) is 10.5. The van der Waals surface area contributed by atoms with Crippen LogP contribution < -0.4 is 4.74 Å². The second-order valence-corrected chi connectivity index (χ2v) is 8.76. The molecule has 1 unspecified atom stereocenters. The number of rotatable bonds is 8. The Bertz CT molecular complexity index is 966. The van der Waals surface area contributed by atoms with Crippen molar-refractivity contribution in [2.75, 3.05) is 0 Å². The van der Waals surface area contributed by atoms with E-state index >= 15 is 0 Å². The molecule has 188 valence electrons. The van der Waals surface area contributed by atoms with Gasteiger partial charge in [-0.05, 0) is 79.8 Å². The number of halogens is 7. The molecule has 0 bridgehead atoms. The number of alkyl halides is 5. The smallest absolute Gasteiger partial charge is 0.403 e. The standard InChI is InChI=1S/C25H27F7O2/c1-3-4-16-5-7-17(8-6-16)19-9-11-20(21(26)14-19)24(28,29)33-15(2)18-10-12-23(22(27)13-18)34-25(30,31)32/h9-17H,3-8H2,1-2H3. The summed E-state index contributed by atoms with van der Waals surface area (Å²) in [6.07, 6.45) is -4.50. The van der Waals surface area contributed by atoms with E-state index in [-0.39, 0.29) is 11.5 Å². The van der Waals surface area contributed by atoms with Gasteiger partial charge in [0.05, 0.1) is 11.7 Å². The molecule has 0 heterocycles. The monoisotopic (exact) mass is 492 g/mol. The highest BCUT2D eigenvalue weighted by Gasteiger charge is 2.39. The minimum atomic E-state index is -5.10. The number of benzene rings is 2. The van der Waals surface area contributed by atoms with Gasteiger partial charge in [0.15, 0.2) is 11.6 Å². The Balaban J connectivity index is 1.69. The molecule has 0 spiro atoms. The fraction of sp³-hybridized carbons (Fsp3) is 0.520. The van der Waals surface area contributed by atoms with Gasteiger partial charge in [-0.1, -0.05) is 31.9 Å². The van der Waals surface area contributed by atoms with Crippen LogP contribution >= 0.6 is 0 Å². The molecule has 1 fully saturated rings. The van der Waals surface area contributed by atoms with Crippen LogP contribution in [0.4, 0.5) is 30.7 Å². The third kappa shape index (κ3) is 6.64. The summed E-state index contributed by atoms with van der Waals surface area (Å²) >= 11 is 0. The first kappa shape index (κ1) is 26.3. The molecule has 3 rings (SSSR count). The lowest BCUT2D eigenvalue weighted by atomic mass is 9.77. The van der Waals surface area contributed by atoms with Gasteiger partial charge in [-0.2, -0.15) is 8.78 Å². The maximum absolute atomic E-state index is 14.7. The highest BCUT2D eigenvalue weighted by atomic mass is 19.4. The molecule has 0 radical (unpaired) electrons. The van der Waals surface area contributed by atoms with Crippen LogP contribution in [-0.4, -0.2) is 6.36 Å². The molecule has 0 aliphatic heterocycles. The lowest BCUT2D eigenvalue weighted by Crippen LogP contribution is -2.22. The third-order valence-electron chi connectivity index (χ3n) is 6.30. The first-order valence-corrected chi connectivity index (χ1v) is 11.3. The normalized spacial score (nSPS) is 20.3. The summed E-state index contributed by atoms with van der Waals surface area (Å²) in [5.41, 5.74) is -0.449. The molecule has 0 saturated heterocycles. The van der Waals surface area contributed by atoms with Crippen molar-refractivity contribution in [2.24, 2.45) is 5.92 Å². The highest BCUT2D eigenvalue weighted by Crippen LogP contribution is 2.41. The van der Waals surface area contributed by atoms with Crippen LogP contribution in [0.3, 0.4) is 0 Å². The van der Waals surface area contributed by atoms with Crippen molar-refractivity contribution in [3.05, 3.63) is 64.7 Å². The molecule has 2 aromatic carbocycles. The molecule has 2 nitrogen and oxygen atoms in total. The first-order chi connectivity index (χ1) is 15.9. The van der Waals surface area contributed by atoms with Gasteiger partial charge in [0.1, 0.15) is 5.82 Å². The molecule has 2 aromatic rings. The van der Waals surface area contributed by atoms with Gasteiger partial charge in [0, 0.05) is 0 Å². The van der Waals surface area contributed by atoms with Crippen LogP contribution in [-0.2, 0) is 10.8 Å². The Morgan fingerprint density at radius 2 is 1.59 bits per heavy atom. The summed E-state index contributed by atoms with van der Waals surface area (Å²) < 4.78 is 103. The largest absolute Gasteiger partial charge is 0.573 e. The van der Waals surface area contributed by atoms with E-state index < -0.39 is 41.5 Å². The van der Waals surface area contributed by atoms with Gasteiger partial charge < -0.3 is 9.47 Å². The number of ether oxygens (including phenoxy) is 2. The molecule has 9 heteroatoms. The summed E-state index contributed by atoms with van der Waals surface area (Å²) in [5.74, 6) is -2.82. The summed E-state index contributed by atoms with van der Waals surface area (Å²) in [5, 5.41) is 0. The lowest BCUT2D eigenvalue weighted by Gasteiger charge is -2.29. The molecule has 1 atom stereocenters. The summed E-state index contributed by atoms with van der Waals surface area (Å²) in [6, 6.07) is 5.84. The van der Waals surface area contributed by atoms with Crippen molar-refractivity contribution in [1.29, 1.82) is 0 Å². The molecule has 1 aliphatic carbocycles. The Labute approximate surface area is 194 Å². The lowest BCUT2D eigenvalue weighted by molar-refractivity contribution is -0.275. The molecule has 0 amide bonds. The quantitative estimate of drug-likeness (QED) is 0.343. The summed E-state index contributed by atoms with van der Waals surface area (Å²) in [6.45, 7) is 3.30. The van der Waals surface area contributed by atoms with Crippen molar-refractivity contribution in [3.8, 4) is 5.75 Å². The third-order valence-corrected chi connectivity index (χ3v) is 6.30. The fourth-order valence-electron chi connectivity index (χ4n) is 4.54. The van der Waals surface area contributed by atoms with Gasteiger partial charge >= 0.3 is 12.5 Å². The Hall–Kier alpha value is -2.29. The van der Waals surface area contributed by atoms with E-state index in [4.69, 9.17) is 4.74 Å². The van der Waals surface area contributed by atoms with Crippen molar-refractivity contribution in [2.45, 2.75) is 76.9 Å². The zero-order valence-electron chi connectivity index (χ0n) is 18.9. The van der Waals surface area contributed by atoms with E-state index in [0.29, 0.717) is 23.6 Å². The van der Waals surface area contributed by atoms with Crippen molar-refractivity contribution < 1.29 is 40.2 Å². The van der Waals surface area contributed by atoms with Gasteiger partial charge in [0.2, 0.25) is 0 Å². The zero-order valence-corrected chi connectivity index (χ0v) is 18.9. The summed E-state index contributed by atoms with van der Waals surface area (Å²) in [4.78, 5) is 0. The van der Waals surface area contributed by atoms with E-state index in [1.54, 1.807) is 0 Å². The Morgan fingerprint density at radius 3 is 2.15 bits per heavy atom. The summed E-state index contributed by atoms with van der Waals surface area (Å²) in [7, 11) is 0. The zero-order chi connectivity index (χ0) is 25.1. The van der Waals surface area contributed by atoms with Crippen molar-refractivity contribution in [1.82, 2.24) is 0 Å². The van der Waals surface area contributed by atoms with Crippen LogP contribution in [0.5, 0.6) is 5.75 Å². The topological polar surface area (TPSA) is 18.5 Å². The van der Waals surface area contributed by atoms with E-state index in [0.717, 1.165) is 63.6 Å². The van der Waals surface area contributed by atoms with E-state index in [1.165, 1.54) is 6.07 Å². The molecule has 1 saturated carbocycles. The van der Waals surface area contributed by atoms with Crippen LogP contribution in [0.1, 0.15) is 81.1 Å². The molecule has 0 N–H and O–H groups in total. The molecular formula is C25H27F7O2. The van der Waals surface area contributed by atoms with E-state index in [2.05, 4.69) is 11.7 Å². The Morgan fingerprint density at radius 1 is 0.912 bits per heavy atom. The molecular weight excluding hydrogens is 465 g/mol. The van der Waals surface area contributed by atoms with Crippen LogP contribution in [0, 0.1) is 17.6 Å². The van der Waals surface area contributed by atoms with Gasteiger partial charge in [-0.15, -0.1) is 13.2 Å². The number of hydrogen-bond acceptors (Lipinski definition) is 2.